The Morgan fingerprint density at radius 1 is 1.67 bits per heavy atom. The van der Waals surface area contributed by atoms with Crippen molar-refractivity contribution in [2.75, 3.05) is 6.54 Å². The summed E-state index contributed by atoms with van der Waals surface area (Å²) in [4.78, 5) is 20.0. The molecule has 1 amide bonds. The van der Waals surface area contributed by atoms with E-state index in [1.54, 1.807) is 13.2 Å². The van der Waals surface area contributed by atoms with Gasteiger partial charge in [0.1, 0.15) is 0 Å². The number of amides is 1. The fourth-order valence-corrected chi connectivity index (χ4v) is 0.378. The highest BCUT2D eigenvalue weighted by atomic mass is 16.1. The maximum atomic E-state index is 10.4. The minimum atomic E-state index is -0.0229. The van der Waals surface area contributed by atoms with Gasteiger partial charge in [-0.2, -0.15) is 0 Å². The minimum Gasteiger partial charge on any atom is -0.356 e. The van der Waals surface area contributed by atoms with E-state index in [0.29, 0.717) is 13.0 Å². The largest absolute Gasteiger partial charge is 0.356 e. The Bertz CT molecular complexity index is 101. The molecule has 0 fully saturated rings. The Morgan fingerprint density at radius 3 is 2.78 bits per heavy atom. The van der Waals surface area contributed by atoms with Gasteiger partial charge in [-0.25, -0.2) is 0 Å². The number of hydrogen-bond acceptors (Lipinski definition) is 2. The fraction of sp³-hybridized carbons (Fsp3) is 0.667. The number of hydrogen-bond donors (Lipinski definition) is 1. The van der Waals surface area contributed by atoms with Gasteiger partial charge in [0, 0.05) is 19.4 Å². The van der Waals surface area contributed by atoms with Gasteiger partial charge in [0.15, 0.2) is 6.29 Å². The van der Waals surface area contributed by atoms with Gasteiger partial charge in [-0.1, -0.05) is 6.92 Å². The van der Waals surface area contributed by atoms with Gasteiger partial charge < -0.3 is 5.32 Å². The Balaban J connectivity index is 3.06. The summed E-state index contributed by atoms with van der Waals surface area (Å²) < 4.78 is 0. The number of rotatable bonds is 4. The average molecular weight is 128 g/mol. The van der Waals surface area contributed by atoms with Crippen LogP contribution in [0.4, 0.5) is 0 Å². The highest BCUT2D eigenvalue weighted by Gasteiger charge is 1.92. The molecule has 0 saturated heterocycles. The standard InChI is InChI=1S/C6H10NO2/c1-2-6(9)7-4-3-5-8/h2-4H2,1H3,(H,7,9). The molecule has 0 spiro atoms. The molecule has 0 atom stereocenters. The molecule has 1 radical (unpaired) electrons. The molecule has 0 heterocycles. The van der Waals surface area contributed by atoms with E-state index in [0.717, 1.165) is 0 Å². The van der Waals surface area contributed by atoms with Crippen LogP contribution in [0.1, 0.15) is 19.8 Å². The van der Waals surface area contributed by atoms with E-state index >= 15 is 0 Å². The molecule has 9 heavy (non-hydrogen) atoms. The Kier molecular flexibility index (Phi) is 4.78. The van der Waals surface area contributed by atoms with E-state index in [9.17, 15) is 9.59 Å². The summed E-state index contributed by atoms with van der Waals surface area (Å²) in [6, 6.07) is 0. The maximum Gasteiger partial charge on any atom is 0.219 e. The first-order valence-corrected chi connectivity index (χ1v) is 2.93. The first-order valence-electron chi connectivity index (χ1n) is 2.93. The van der Waals surface area contributed by atoms with Crippen LogP contribution < -0.4 is 5.32 Å². The molecule has 0 saturated carbocycles. The first kappa shape index (κ1) is 8.14. The zero-order chi connectivity index (χ0) is 7.11. The van der Waals surface area contributed by atoms with Gasteiger partial charge in [0.25, 0.3) is 0 Å². The first-order chi connectivity index (χ1) is 4.31. The minimum absolute atomic E-state index is 0.0229. The monoisotopic (exact) mass is 128 g/mol. The Labute approximate surface area is 54.4 Å². The predicted molar refractivity (Wildman–Crippen MR) is 33.6 cm³/mol. The van der Waals surface area contributed by atoms with E-state index < -0.39 is 0 Å². The summed E-state index contributed by atoms with van der Waals surface area (Å²) in [5, 5.41) is 2.53. The molecule has 3 nitrogen and oxygen atoms in total. The highest BCUT2D eigenvalue weighted by Crippen LogP contribution is 1.74. The van der Waals surface area contributed by atoms with Crippen molar-refractivity contribution in [3.63, 3.8) is 0 Å². The van der Waals surface area contributed by atoms with Crippen LogP contribution in [0.25, 0.3) is 0 Å². The van der Waals surface area contributed by atoms with Crippen LogP contribution in [0.15, 0.2) is 0 Å². The summed E-state index contributed by atoms with van der Waals surface area (Å²) in [5.74, 6) is -0.0229. The van der Waals surface area contributed by atoms with Crippen LogP contribution >= 0.6 is 0 Å². The molecule has 0 aliphatic heterocycles. The summed E-state index contributed by atoms with van der Waals surface area (Å²) in [6.45, 7) is 2.18. The van der Waals surface area contributed by atoms with Crippen LogP contribution in [0, 0.1) is 0 Å². The van der Waals surface area contributed by atoms with Gasteiger partial charge in [-0.3, -0.25) is 9.59 Å². The van der Waals surface area contributed by atoms with Crippen molar-refractivity contribution in [2.45, 2.75) is 19.8 Å². The summed E-state index contributed by atoms with van der Waals surface area (Å²) in [6.07, 6.45) is 2.44. The number of nitrogens with one attached hydrogen (secondary N) is 1. The van der Waals surface area contributed by atoms with Gasteiger partial charge in [0.2, 0.25) is 5.91 Å². The van der Waals surface area contributed by atoms with Gasteiger partial charge in [0.05, 0.1) is 0 Å². The second kappa shape index (κ2) is 5.28. The van der Waals surface area contributed by atoms with Crippen LogP contribution in [-0.2, 0) is 9.59 Å². The van der Waals surface area contributed by atoms with Crippen molar-refractivity contribution in [1.29, 1.82) is 0 Å². The van der Waals surface area contributed by atoms with Crippen molar-refractivity contribution in [3.8, 4) is 0 Å². The van der Waals surface area contributed by atoms with Gasteiger partial charge in [-0.05, 0) is 0 Å². The Morgan fingerprint density at radius 2 is 2.33 bits per heavy atom. The molecule has 3 heteroatoms. The third kappa shape index (κ3) is 5.00. The lowest BCUT2D eigenvalue weighted by Gasteiger charge is -1.96. The lowest BCUT2D eigenvalue weighted by Crippen LogP contribution is -2.23. The molecule has 51 valence electrons. The van der Waals surface area contributed by atoms with Gasteiger partial charge in [-0.15, -0.1) is 0 Å². The van der Waals surface area contributed by atoms with Crippen molar-refractivity contribution in [1.82, 2.24) is 5.32 Å². The van der Waals surface area contributed by atoms with Crippen molar-refractivity contribution in [3.05, 3.63) is 0 Å². The zero-order valence-corrected chi connectivity index (χ0v) is 5.44. The molecule has 0 aromatic carbocycles. The molecule has 0 aliphatic rings. The molecule has 0 unspecified atom stereocenters. The lowest BCUT2D eigenvalue weighted by molar-refractivity contribution is -0.120. The van der Waals surface area contributed by atoms with E-state index in [2.05, 4.69) is 5.32 Å². The fourth-order valence-electron chi connectivity index (χ4n) is 0.378. The Hall–Kier alpha value is -0.860. The van der Waals surface area contributed by atoms with E-state index in [4.69, 9.17) is 0 Å². The lowest BCUT2D eigenvalue weighted by atomic mass is 10.4. The topological polar surface area (TPSA) is 46.2 Å². The predicted octanol–water partition coefficient (Wildman–Crippen LogP) is 0.0124. The smallest absolute Gasteiger partial charge is 0.219 e. The molecule has 0 bridgehead atoms. The normalized spacial score (nSPS) is 8.56. The van der Waals surface area contributed by atoms with Crippen molar-refractivity contribution >= 4 is 12.2 Å². The third-order valence-corrected chi connectivity index (χ3v) is 0.870. The molecule has 0 rings (SSSR count). The second-order valence-electron chi connectivity index (χ2n) is 1.60. The number of carbonyl (C=O) groups is 1. The average Bonchev–Trinajstić information content (AvgIpc) is 1.89. The molecular formula is C6H10NO2. The van der Waals surface area contributed by atoms with Crippen LogP contribution in [0.3, 0.4) is 0 Å². The molecular weight excluding hydrogens is 118 g/mol. The summed E-state index contributed by atoms with van der Waals surface area (Å²) in [5.41, 5.74) is 0. The zero-order valence-electron chi connectivity index (χ0n) is 5.44. The van der Waals surface area contributed by atoms with Gasteiger partial charge >= 0.3 is 0 Å². The van der Waals surface area contributed by atoms with Crippen molar-refractivity contribution < 1.29 is 9.59 Å². The highest BCUT2D eigenvalue weighted by molar-refractivity contribution is 5.75. The summed E-state index contributed by atoms with van der Waals surface area (Å²) >= 11 is 0. The SMILES string of the molecule is CCC(=O)NCC[C]=O. The molecule has 0 aliphatic carbocycles. The second-order valence-corrected chi connectivity index (χ2v) is 1.60. The van der Waals surface area contributed by atoms with E-state index in [1.807, 2.05) is 0 Å². The molecule has 0 aromatic heterocycles. The van der Waals surface area contributed by atoms with E-state index in [1.165, 1.54) is 0 Å². The van der Waals surface area contributed by atoms with Crippen LogP contribution in [0.5, 0.6) is 0 Å². The molecule has 1 N–H and O–H groups in total. The quantitative estimate of drug-likeness (QED) is 0.542. The van der Waals surface area contributed by atoms with Crippen molar-refractivity contribution in [2.24, 2.45) is 0 Å². The summed E-state index contributed by atoms with van der Waals surface area (Å²) in [7, 11) is 0. The molecule has 0 aromatic rings. The van der Waals surface area contributed by atoms with Crippen LogP contribution in [0.2, 0.25) is 0 Å². The number of carbonyl (C=O) groups excluding carboxylic acids is 2. The maximum absolute atomic E-state index is 10.4. The van der Waals surface area contributed by atoms with Crippen LogP contribution in [-0.4, -0.2) is 18.7 Å². The van der Waals surface area contributed by atoms with E-state index in [-0.39, 0.29) is 12.3 Å². The third-order valence-electron chi connectivity index (χ3n) is 0.870.